The first kappa shape index (κ1) is 13.3. The average molecular weight is 303 g/mol. The van der Waals surface area contributed by atoms with Gasteiger partial charge in [-0.25, -0.2) is 9.97 Å². The van der Waals surface area contributed by atoms with Crippen LogP contribution in [0.3, 0.4) is 0 Å². The van der Waals surface area contributed by atoms with E-state index >= 15 is 0 Å². The Kier molecular flexibility index (Phi) is 3.43. The lowest BCUT2D eigenvalue weighted by Crippen LogP contribution is -2.17. The highest BCUT2D eigenvalue weighted by Gasteiger charge is 2.21. The van der Waals surface area contributed by atoms with Crippen LogP contribution in [0.25, 0.3) is 5.82 Å². The Balaban J connectivity index is 1.64. The molecule has 21 heavy (non-hydrogen) atoms. The monoisotopic (exact) mass is 302 g/mol. The molecule has 1 N–H and O–H groups in total. The highest BCUT2D eigenvalue weighted by atomic mass is 35.5. The molecule has 110 valence electrons. The molecule has 4 rings (SSSR count). The molecule has 0 amide bonds. The highest BCUT2D eigenvalue weighted by Crippen LogP contribution is 2.25. The Morgan fingerprint density at radius 3 is 2.95 bits per heavy atom. The zero-order valence-electron chi connectivity index (χ0n) is 12.0. The first-order valence-corrected chi connectivity index (χ1v) is 8.13. The molecule has 2 heterocycles. The van der Waals surface area contributed by atoms with Crippen molar-refractivity contribution in [2.24, 2.45) is 0 Å². The molecule has 0 saturated heterocycles. The largest absolute Gasteiger partial charge is 0.308 e. The fourth-order valence-corrected chi connectivity index (χ4v) is 3.10. The maximum absolute atomic E-state index is 6.28. The predicted octanol–water partition coefficient (Wildman–Crippen LogP) is 3.05. The second-order valence-corrected chi connectivity index (χ2v) is 6.38. The Morgan fingerprint density at radius 2 is 2.10 bits per heavy atom. The molecule has 2 aliphatic carbocycles. The van der Waals surface area contributed by atoms with Crippen LogP contribution in [0, 0.1) is 0 Å². The first-order valence-electron chi connectivity index (χ1n) is 7.75. The van der Waals surface area contributed by atoms with Crippen molar-refractivity contribution in [3.05, 3.63) is 40.6 Å². The van der Waals surface area contributed by atoms with Gasteiger partial charge in [-0.2, -0.15) is 0 Å². The van der Waals surface area contributed by atoms with Gasteiger partial charge in [0.1, 0.15) is 12.1 Å². The zero-order valence-corrected chi connectivity index (χ0v) is 12.7. The molecule has 0 aliphatic heterocycles. The Hall–Kier alpha value is -1.39. The van der Waals surface area contributed by atoms with Crippen molar-refractivity contribution in [2.45, 2.75) is 51.1 Å². The molecule has 0 unspecified atom stereocenters. The SMILES string of the molecule is Clc1ccc(-n2cnc3c2CCCC3)nc1CNC1CC1. The normalized spacial score (nSPS) is 17.8. The van der Waals surface area contributed by atoms with E-state index in [1.807, 2.05) is 18.5 Å². The van der Waals surface area contributed by atoms with Crippen LogP contribution in [-0.2, 0) is 19.4 Å². The van der Waals surface area contributed by atoms with E-state index in [0.29, 0.717) is 6.04 Å². The molecule has 1 fully saturated rings. The number of hydrogen-bond acceptors (Lipinski definition) is 3. The van der Waals surface area contributed by atoms with E-state index in [2.05, 4.69) is 14.9 Å². The van der Waals surface area contributed by atoms with Gasteiger partial charge in [-0.1, -0.05) is 11.6 Å². The Morgan fingerprint density at radius 1 is 1.24 bits per heavy atom. The number of hydrogen-bond donors (Lipinski definition) is 1. The van der Waals surface area contributed by atoms with Gasteiger partial charge in [0.25, 0.3) is 0 Å². The highest BCUT2D eigenvalue weighted by molar-refractivity contribution is 6.31. The van der Waals surface area contributed by atoms with Crippen molar-refractivity contribution in [1.29, 1.82) is 0 Å². The molecule has 2 aromatic rings. The van der Waals surface area contributed by atoms with Gasteiger partial charge in [-0.15, -0.1) is 0 Å². The van der Waals surface area contributed by atoms with E-state index in [1.165, 1.54) is 37.1 Å². The molecule has 0 radical (unpaired) electrons. The van der Waals surface area contributed by atoms with Crippen molar-refractivity contribution >= 4 is 11.6 Å². The summed E-state index contributed by atoms with van der Waals surface area (Å²) in [7, 11) is 0. The summed E-state index contributed by atoms with van der Waals surface area (Å²) in [5, 5.41) is 4.21. The third-order valence-corrected chi connectivity index (χ3v) is 4.66. The van der Waals surface area contributed by atoms with E-state index in [9.17, 15) is 0 Å². The minimum absolute atomic E-state index is 0.660. The minimum Gasteiger partial charge on any atom is -0.308 e. The maximum atomic E-state index is 6.28. The Bertz CT molecular complexity index is 660. The maximum Gasteiger partial charge on any atom is 0.138 e. The van der Waals surface area contributed by atoms with Gasteiger partial charge < -0.3 is 5.32 Å². The van der Waals surface area contributed by atoms with Gasteiger partial charge in [-0.3, -0.25) is 4.57 Å². The van der Waals surface area contributed by atoms with Crippen molar-refractivity contribution in [2.75, 3.05) is 0 Å². The molecule has 5 heteroatoms. The van der Waals surface area contributed by atoms with Gasteiger partial charge in [0.2, 0.25) is 0 Å². The van der Waals surface area contributed by atoms with Crippen LogP contribution in [0.4, 0.5) is 0 Å². The molecule has 2 aromatic heterocycles. The number of nitrogens with one attached hydrogen (secondary N) is 1. The lowest BCUT2D eigenvalue weighted by Gasteiger charge is -2.14. The number of pyridine rings is 1. The van der Waals surface area contributed by atoms with Gasteiger partial charge in [0, 0.05) is 18.3 Å². The van der Waals surface area contributed by atoms with Gasteiger partial charge in [0.15, 0.2) is 0 Å². The lowest BCUT2D eigenvalue weighted by atomic mass is 10.0. The van der Waals surface area contributed by atoms with Crippen LogP contribution in [0.2, 0.25) is 5.02 Å². The molecule has 1 saturated carbocycles. The summed E-state index contributed by atoms with van der Waals surface area (Å²) in [5.41, 5.74) is 3.48. The van der Waals surface area contributed by atoms with E-state index in [0.717, 1.165) is 35.9 Å². The van der Waals surface area contributed by atoms with Gasteiger partial charge in [-0.05, 0) is 50.7 Å². The van der Waals surface area contributed by atoms with Crippen LogP contribution >= 0.6 is 11.6 Å². The van der Waals surface area contributed by atoms with E-state index < -0.39 is 0 Å². The average Bonchev–Trinajstić information content (AvgIpc) is 3.24. The molecule has 0 aromatic carbocycles. The van der Waals surface area contributed by atoms with Crippen LogP contribution in [0.5, 0.6) is 0 Å². The third-order valence-electron chi connectivity index (χ3n) is 4.32. The number of halogens is 1. The minimum atomic E-state index is 0.660. The predicted molar refractivity (Wildman–Crippen MR) is 82.9 cm³/mol. The molecular formula is C16H19ClN4. The topological polar surface area (TPSA) is 42.7 Å². The fraction of sp³-hybridized carbons (Fsp3) is 0.500. The second-order valence-electron chi connectivity index (χ2n) is 5.97. The van der Waals surface area contributed by atoms with Gasteiger partial charge >= 0.3 is 0 Å². The molecular weight excluding hydrogens is 284 g/mol. The lowest BCUT2D eigenvalue weighted by molar-refractivity contribution is 0.650. The van der Waals surface area contributed by atoms with Crippen LogP contribution in [0.1, 0.15) is 42.8 Å². The number of fused-ring (bicyclic) bond motifs is 1. The van der Waals surface area contributed by atoms with Gasteiger partial charge in [0.05, 0.1) is 16.4 Å². The Labute approximate surface area is 129 Å². The number of nitrogens with zero attached hydrogens (tertiary/aromatic N) is 3. The molecule has 2 aliphatic rings. The molecule has 0 spiro atoms. The third kappa shape index (κ3) is 2.70. The quantitative estimate of drug-likeness (QED) is 0.944. The number of imidazole rings is 1. The summed E-state index contributed by atoms with van der Waals surface area (Å²) in [6.07, 6.45) is 9.11. The van der Waals surface area contributed by atoms with Crippen molar-refractivity contribution in [3.63, 3.8) is 0 Å². The molecule has 4 nitrogen and oxygen atoms in total. The summed E-state index contributed by atoms with van der Waals surface area (Å²) >= 11 is 6.28. The van der Waals surface area contributed by atoms with Crippen LogP contribution in [0.15, 0.2) is 18.5 Å². The van der Waals surface area contributed by atoms with Crippen LogP contribution in [-0.4, -0.2) is 20.6 Å². The zero-order chi connectivity index (χ0) is 14.2. The summed E-state index contributed by atoms with van der Waals surface area (Å²) < 4.78 is 2.13. The molecule has 0 bridgehead atoms. The summed E-state index contributed by atoms with van der Waals surface area (Å²) in [4.78, 5) is 9.29. The van der Waals surface area contributed by atoms with Crippen molar-refractivity contribution < 1.29 is 0 Å². The van der Waals surface area contributed by atoms with Crippen LogP contribution < -0.4 is 5.32 Å². The summed E-state index contributed by atoms with van der Waals surface area (Å²) in [6.45, 7) is 0.744. The van der Waals surface area contributed by atoms with E-state index in [-0.39, 0.29) is 0 Å². The van der Waals surface area contributed by atoms with E-state index in [1.54, 1.807) is 0 Å². The standard InChI is InChI=1S/C16H19ClN4/c17-12-7-8-16(20-14(12)9-18-11-5-6-11)21-10-19-13-3-1-2-4-15(13)21/h7-8,10-11,18H,1-6,9H2. The number of aryl methyl sites for hydroxylation is 1. The summed E-state index contributed by atoms with van der Waals surface area (Å²) in [5.74, 6) is 0.933. The van der Waals surface area contributed by atoms with Crippen molar-refractivity contribution in [1.82, 2.24) is 19.9 Å². The van der Waals surface area contributed by atoms with E-state index in [4.69, 9.17) is 16.6 Å². The number of rotatable bonds is 4. The van der Waals surface area contributed by atoms with Crippen molar-refractivity contribution in [3.8, 4) is 5.82 Å². The first-order chi connectivity index (χ1) is 10.3. The second kappa shape index (κ2) is 5.43. The number of aromatic nitrogens is 3. The smallest absolute Gasteiger partial charge is 0.138 e. The molecule has 0 atom stereocenters. The fourth-order valence-electron chi connectivity index (χ4n) is 2.93. The summed E-state index contributed by atoms with van der Waals surface area (Å²) in [6, 6.07) is 4.59.